The predicted octanol–water partition coefficient (Wildman–Crippen LogP) is 2.14. The first-order valence-corrected chi connectivity index (χ1v) is 16.5. The first kappa shape index (κ1) is 31.7. The molecule has 0 radical (unpaired) electrons. The van der Waals surface area contributed by atoms with E-state index in [1.807, 2.05) is 52.6 Å². The number of amides is 2. The number of piperidine rings is 1. The number of sulfonamides is 1. The molecule has 3 N–H and O–H groups in total. The first-order chi connectivity index (χ1) is 20.0. The molecule has 5 rings (SSSR count). The van der Waals surface area contributed by atoms with E-state index in [-0.39, 0.29) is 43.0 Å². The summed E-state index contributed by atoms with van der Waals surface area (Å²) in [5.74, 6) is -0.626. The predicted molar refractivity (Wildman–Crippen MR) is 161 cm³/mol. The van der Waals surface area contributed by atoms with Crippen molar-refractivity contribution >= 4 is 27.5 Å². The molecule has 236 valence electrons. The second-order valence-corrected chi connectivity index (χ2v) is 16.1. The van der Waals surface area contributed by atoms with Crippen molar-refractivity contribution in [1.82, 2.24) is 25.0 Å². The monoisotopic (exact) mass is 615 g/mol. The van der Waals surface area contributed by atoms with Gasteiger partial charge in [0.1, 0.15) is 12.3 Å². The number of hydrogen-bond donors (Lipinski definition) is 3. The Bertz CT molecular complexity index is 1420. The van der Waals surface area contributed by atoms with E-state index in [0.29, 0.717) is 42.0 Å². The van der Waals surface area contributed by atoms with Crippen LogP contribution in [0.1, 0.15) is 72.8 Å². The lowest BCUT2D eigenvalue weighted by atomic mass is 9.82. The van der Waals surface area contributed by atoms with E-state index in [1.54, 1.807) is 24.1 Å². The molecule has 5 atom stereocenters. The van der Waals surface area contributed by atoms with Crippen molar-refractivity contribution < 1.29 is 22.7 Å². The van der Waals surface area contributed by atoms with Crippen molar-refractivity contribution in [2.45, 2.75) is 114 Å². The van der Waals surface area contributed by atoms with Crippen LogP contribution < -0.4 is 16.1 Å². The third-order valence-electron chi connectivity index (χ3n) is 9.39. The van der Waals surface area contributed by atoms with Gasteiger partial charge in [0.25, 0.3) is 5.91 Å². The number of ether oxygens (including phenoxy) is 1. The second kappa shape index (κ2) is 11.0. The molecule has 1 aromatic rings. The number of carbonyl (C=O) groups excluding carboxylic acids is 2. The van der Waals surface area contributed by atoms with Crippen LogP contribution in [0.2, 0.25) is 0 Å². The van der Waals surface area contributed by atoms with Crippen LogP contribution in [0.25, 0.3) is 0 Å². The molecule has 3 saturated heterocycles. The Balaban J connectivity index is 1.38. The number of anilines is 1. The van der Waals surface area contributed by atoms with Gasteiger partial charge in [-0.2, -0.15) is 9.57 Å². The van der Waals surface area contributed by atoms with Gasteiger partial charge in [-0.05, 0) is 84.6 Å². The number of nitrogens with zero attached hydrogens (tertiary/aromatic N) is 4. The molecule has 43 heavy (non-hydrogen) atoms. The summed E-state index contributed by atoms with van der Waals surface area (Å²) in [5.41, 5.74) is 3.31. The summed E-state index contributed by atoms with van der Waals surface area (Å²) in [6.07, 6.45) is 0.790. The summed E-state index contributed by atoms with van der Waals surface area (Å²) in [7, 11) is -1.81. The van der Waals surface area contributed by atoms with Crippen LogP contribution in [-0.2, 0) is 30.9 Å². The highest BCUT2D eigenvalue weighted by Crippen LogP contribution is 2.41. The van der Waals surface area contributed by atoms with Crippen LogP contribution in [0.3, 0.4) is 0 Å². The molecule has 4 heterocycles. The topological polar surface area (TPSA) is 147 Å². The van der Waals surface area contributed by atoms with Crippen molar-refractivity contribution in [2.75, 3.05) is 25.5 Å². The summed E-state index contributed by atoms with van der Waals surface area (Å²) in [5, 5.41) is 18.4. The first-order valence-electron chi connectivity index (χ1n) is 15.0. The molecular weight excluding hydrogens is 570 g/mol. The van der Waals surface area contributed by atoms with E-state index in [9.17, 15) is 23.3 Å². The number of nitrogens with one attached hydrogen (secondary N) is 3. The Morgan fingerprint density at radius 1 is 1.23 bits per heavy atom. The van der Waals surface area contributed by atoms with E-state index < -0.39 is 39.3 Å². The SMILES string of the molecule is CN(C(=O)[C@@H]1CC[C@@](CC#N)(N2NC(Nc3ccc4c(c3)CN(C(C)(C)C)S4(=O)=O)C3C(=O)NCCC32)CO1)C(C)(C)C. The number of nitriles is 1. The number of fused-ring (bicyclic) bond motifs is 2. The Morgan fingerprint density at radius 3 is 2.56 bits per heavy atom. The number of rotatable bonds is 5. The fourth-order valence-electron chi connectivity index (χ4n) is 6.71. The summed E-state index contributed by atoms with van der Waals surface area (Å²) < 4.78 is 34.0. The number of likely N-dealkylation sites (N-methyl/N-ethyl adjacent to an activating group) is 1. The van der Waals surface area contributed by atoms with Gasteiger partial charge in [0.15, 0.2) is 0 Å². The van der Waals surface area contributed by atoms with Crippen molar-refractivity contribution in [1.29, 1.82) is 5.26 Å². The summed E-state index contributed by atoms with van der Waals surface area (Å²) in [6.45, 7) is 12.5. The zero-order valence-electron chi connectivity index (χ0n) is 26.2. The van der Waals surface area contributed by atoms with Crippen molar-refractivity contribution in [3.8, 4) is 6.07 Å². The molecule has 3 unspecified atom stereocenters. The Hall–Kier alpha value is -2.76. The second-order valence-electron chi connectivity index (χ2n) is 14.3. The molecule has 13 heteroatoms. The number of benzene rings is 1. The van der Waals surface area contributed by atoms with Gasteiger partial charge in [-0.15, -0.1) is 0 Å². The van der Waals surface area contributed by atoms with Crippen molar-refractivity contribution in [2.24, 2.45) is 5.92 Å². The number of carbonyl (C=O) groups is 2. The molecule has 0 aliphatic carbocycles. The highest BCUT2D eigenvalue weighted by molar-refractivity contribution is 7.89. The zero-order valence-corrected chi connectivity index (χ0v) is 27.0. The molecule has 12 nitrogen and oxygen atoms in total. The average molecular weight is 616 g/mol. The molecule has 0 bridgehead atoms. The Kier molecular flexibility index (Phi) is 8.10. The largest absolute Gasteiger partial charge is 0.368 e. The fraction of sp³-hybridized carbons (Fsp3) is 0.700. The van der Waals surface area contributed by atoms with E-state index in [2.05, 4.69) is 22.1 Å². The lowest BCUT2D eigenvalue weighted by Crippen LogP contribution is -2.63. The minimum atomic E-state index is -3.59. The number of hydrazine groups is 1. The van der Waals surface area contributed by atoms with Gasteiger partial charge in [0.2, 0.25) is 15.9 Å². The lowest BCUT2D eigenvalue weighted by molar-refractivity contribution is -0.161. The third-order valence-corrected chi connectivity index (χ3v) is 11.6. The van der Waals surface area contributed by atoms with Crippen LogP contribution in [0.15, 0.2) is 23.1 Å². The normalized spacial score (nSPS) is 31.1. The maximum atomic E-state index is 13.3. The standard InChI is InChI=1S/C30H45N7O5S/c1-28(2,3)35(7)27(39)22-10-12-30(13-14-31,18-42-22)37-21-11-15-32-26(38)24(21)25(34-37)33-20-8-9-23-19(16-20)17-36(29(4,5)6)43(23,40)41/h8-9,16,21-22,24-25,33-34H,10-13,15,17-18H2,1-7H3,(H,32,38)/t21?,22-,24?,25?,30-/m0/s1. The van der Waals surface area contributed by atoms with Gasteiger partial charge in [0.05, 0.1) is 35.4 Å². The fourth-order valence-corrected chi connectivity index (χ4v) is 8.67. The van der Waals surface area contributed by atoms with Gasteiger partial charge in [-0.25, -0.2) is 18.9 Å². The number of hydrogen-bond acceptors (Lipinski definition) is 9. The molecule has 0 saturated carbocycles. The summed E-state index contributed by atoms with van der Waals surface area (Å²) in [4.78, 5) is 28.4. The van der Waals surface area contributed by atoms with E-state index >= 15 is 0 Å². The molecule has 4 aliphatic rings. The van der Waals surface area contributed by atoms with Crippen LogP contribution in [-0.4, -0.2) is 89.6 Å². The minimum absolute atomic E-state index is 0.0782. The van der Waals surface area contributed by atoms with E-state index in [4.69, 9.17) is 4.74 Å². The maximum absolute atomic E-state index is 13.3. The van der Waals surface area contributed by atoms with Gasteiger partial charge in [-0.3, -0.25) is 9.59 Å². The smallest absolute Gasteiger partial charge is 0.251 e. The highest BCUT2D eigenvalue weighted by Gasteiger charge is 2.56. The van der Waals surface area contributed by atoms with Crippen molar-refractivity contribution in [3.63, 3.8) is 0 Å². The molecular formula is C30H45N7O5S. The molecule has 1 aromatic carbocycles. The Labute approximate surface area is 255 Å². The van der Waals surface area contributed by atoms with Gasteiger partial charge < -0.3 is 20.3 Å². The van der Waals surface area contributed by atoms with E-state index in [0.717, 1.165) is 0 Å². The van der Waals surface area contributed by atoms with Crippen molar-refractivity contribution in [3.05, 3.63) is 23.8 Å². The minimum Gasteiger partial charge on any atom is -0.368 e. The highest BCUT2D eigenvalue weighted by atomic mass is 32.2. The molecule has 3 fully saturated rings. The molecule has 2 amide bonds. The zero-order chi connectivity index (χ0) is 31.5. The molecule has 0 aromatic heterocycles. The summed E-state index contributed by atoms with van der Waals surface area (Å²) >= 11 is 0. The van der Waals surface area contributed by atoms with E-state index in [1.165, 1.54) is 4.31 Å². The van der Waals surface area contributed by atoms with Gasteiger partial charge in [-0.1, -0.05) is 0 Å². The molecule has 0 spiro atoms. The maximum Gasteiger partial charge on any atom is 0.251 e. The third kappa shape index (κ3) is 5.64. The summed E-state index contributed by atoms with van der Waals surface area (Å²) in [6, 6.07) is 7.34. The average Bonchev–Trinajstić information content (AvgIpc) is 3.43. The van der Waals surface area contributed by atoms with Crippen LogP contribution in [0.4, 0.5) is 5.69 Å². The molecule has 4 aliphatic heterocycles. The van der Waals surface area contributed by atoms with Crippen LogP contribution >= 0.6 is 0 Å². The van der Waals surface area contributed by atoms with Gasteiger partial charge >= 0.3 is 0 Å². The lowest BCUT2D eigenvalue weighted by Gasteiger charge is -2.48. The van der Waals surface area contributed by atoms with Gasteiger partial charge in [0, 0.05) is 42.9 Å². The van der Waals surface area contributed by atoms with Crippen LogP contribution in [0.5, 0.6) is 0 Å². The Morgan fingerprint density at radius 2 is 1.95 bits per heavy atom. The quantitative estimate of drug-likeness (QED) is 0.453. The van der Waals surface area contributed by atoms with Crippen LogP contribution in [0, 0.1) is 17.2 Å².